The predicted molar refractivity (Wildman–Crippen MR) is 76.9 cm³/mol. The van der Waals surface area contributed by atoms with E-state index in [4.69, 9.17) is 38.1 Å². The summed E-state index contributed by atoms with van der Waals surface area (Å²) in [7, 11) is 0. The number of hydrogen-bond donors (Lipinski definition) is 1. The molecule has 1 unspecified atom stereocenters. The summed E-state index contributed by atoms with van der Waals surface area (Å²) < 4.78 is 11.2. The highest BCUT2D eigenvalue weighted by Crippen LogP contribution is 2.26. The van der Waals surface area contributed by atoms with E-state index in [2.05, 4.69) is 0 Å². The minimum Gasteiger partial charge on any atom is -0.486 e. The van der Waals surface area contributed by atoms with E-state index in [0.29, 0.717) is 28.8 Å². The van der Waals surface area contributed by atoms with E-state index in [1.54, 1.807) is 18.2 Å². The Bertz CT molecular complexity index is 552. The third kappa shape index (κ3) is 4.16. The summed E-state index contributed by atoms with van der Waals surface area (Å²) >= 11 is 11.7. The minimum atomic E-state index is 0.0787. The molecule has 2 N–H and O–H groups in total. The SMILES string of the molecule is CC(N)Cc1ccc(COc2ccc(Cl)c(Cl)c2)o1. The zero-order valence-corrected chi connectivity index (χ0v) is 12.0. The first-order chi connectivity index (χ1) is 9.04. The van der Waals surface area contributed by atoms with Crippen LogP contribution in [0, 0.1) is 0 Å². The van der Waals surface area contributed by atoms with Crippen LogP contribution in [0.4, 0.5) is 0 Å². The largest absolute Gasteiger partial charge is 0.486 e. The molecule has 2 aromatic rings. The number of halogens is 2. The highest BCUT2D eigenvalue weighted by Gasteiger charge is 2.06. The monoisotopic (exact) mass is 299 g/mol. The first-order valence-electron chi connectivity index (χ1n) is 5.95. The highest BCUT2D eigenvalue weighted by atomic mass is 35.5. The van der Waals surface area contributed by atoms with Gasteiger partial charge in [-0.1, -0.05) is 23.2 Å². The first-order valence-corrected chi connectivity index (χ1v) is 6.71. The van der Waals surface area contributed by atoms with Gasteiger partial charge in [-0.15, -0.1) is 0 Å². The van der Waals surface area contributed by atoms with Crippen molar-refractivity contribution < 1.29 is 9.15 Å². The van der Waals surface area contributed by atoms with Crippen LogP contribution in [0.3, 0.4) is 0 Å². The Morgan fingerprint density at radius 2 is 1.89 bits per heavy atom. The quantitative estimate of drug-likeness (QED) is 0.906. The molecule has 19 heavy (non-hydrogen) atoms. The molecule has 5 heteroatoms. The number of nitrogens with two attached hydrogens (primary N) is 1. The van der Waals surface area contributed by atoms with Gasteiger partial charge < -0.3 is 14.9 Å². The summed E-state index contributed by atoms with van der Waals surface area (Å²) in [5.41, 5.74) is 5.71. The minimum absolute atomic E-state index is 0.0787. The third-order valence-corrected chi connectivity index (χ3v) is 3.25. The number of furan rings is 1. The van der Waals surface area contributed by atoms with E-state index in [1.807, 2.05) is 19.1 Å². The van der Waals surface area contributed by atoms with Crippen LogP contribution in [0.5, 0.6) is 5.75 Å². The molecule has 1 aromatic carbocycles. The summed E-state index contributed by atoms with van der Waals surface area (Å²) in [5.74, 6) is 2.27. The van der Waals surface area contributed by atoms with E-state index in [0.717, 1.165) is 11.5 Å². The molecule has 1 atom stereocenters. The Hall–Kier alpha value is -1.16. The van der Waals surface area contributed by atoms with Crippen LogP contribution in [-0.2, 0) is 13.0 Å². The first kappa shape index (κ1) is 14.3. The van der Waals surface area contributed by atoms with Gasteiger partial charge in [0.25, 0.3) is 0 Å². The fourth-order valence-corrected chi connectivity index (χ4v) is 1.94. The Morgan fingerprint density at radius 3 is 2.58 bits per heavy atom. The van der Waals surface area contributed by atoms with Gasteiger partial charge in [-0.3, -0.25) is 0 Å². The smallest absolute Gasteiger partial charge is 0.146 e. The van der Waals surface area contributed by atoms with Crippen molar-refractivity contribution in [1.29, 1.82) is 0 Å². The van der Waals surface area contributed by atoms with Gasteiger partial charge in [0.15, 0.2) is 0 Å². The normalized spacial score (nSPS) is 12.4. The Labute approximate surface area is 122 Å². The second-order valence-electron chi connectivity index (χ2n) is 4.41. The van der Waals surface area contributed by atoms with E-state index in [-0.39, 0.29) is 6.04 Å². The lowest BCUT2D eigenvalue weighted by atomic mass is 10.2. The molecule has 0 saturated carbocycles. The molecule has 3 nitrogen and oxygen atoms in total. The van der Waals surface area contributed by atoms with Crippen LogP contribution < -0.4 is 10.5 Å². The topological polar surface area (TPSA) is 48.4 Å². The maximum absolute atomic E-state index is 5.91. The number of hydrogen-bond acceptors (Lipinski definition) is 3. The summed E-state index contributed by atoms with van der Waals surface area (Å²) in [6.45, 7) is 2.28. The van der Waals surface area contributed by atoms with Gasteiger partial charge in [0.05, 0.1) is 10.0 Å². The maximum atomic E-state index is 5.91. The second kappa shape index (κ2) is 6.33. The molecule has 0 bridgehead atoms. The number of ether oxygens (including phenoxy) is 1. The Balaban J connectivity index is 1.94. The van der Waals surface area contributed by atoms with Crippen molar-refractivity contribution in [2.24, 2.45) is 5.73 Å². The highest BCUT2D eigenvalue weighted by molar-refractivity contribution is 6.42. The van der Waals surface area contributed by atoms with E-state index in [9.17, 15) is 0 Å². The number of benzene rings is 1. The van der Waals surface area contributed by atoms with Crippen LogP contribution in [-0.4, -0.2) is 6.04 Å². The zero-order valence-electron chi connectivity index (χ0n) is 10.5. The molecule has 1 heterocycles. The van der Waals surface area contributed by atoms with Crippen molar-refractivity contribution in [3.05, 3.63) is 51.9 Å². The summed E-state index contributed by atoms with van der Waals surface area (Å²) in [6, 6.07) is 9.01. The summed E-state index contributed by atoms with van der Waals surface area (Å²) in [4.78, 5) is 0. The molecule has 2 rings (SSSR count). The molecule has 0 aliphatic rings. The molecule has 0 amide bonds. The summed E-state index contributed by atoms with van der Waals surface area (Å²) in [6.07, 6.45) is 0.715. The van der Waals surface area contributed by atoms with Gasteiger partial charge in [-0.05, 0) is 31.2 Å². The standard InChI is InChI=1S/C14H15Cl2NO2/c1-9(17)6-11-2-3-12(19-11)8-18-10-4-5-13(15)14(16)7-10/h2-5,7,9H,6,8,17H2,1H3. The van der Waals surface area contributed by atoms with Crippen LogP contribution >= 0.6 is 23.2 Å². The molecular formula is C14H15Cl2NO2. The lowest BCUT2D eigenvalue weighted by Crippen LogP contribution is -2.17. The third-order valence-electron chi connectivity index (χ3n) is 2.51. The zero-order chi connectivity index (χ0) is 13.8. The van der Waals surface area contributed by atoms with Crippen LogP contribution in [0.1, 0.15) is 18.4 Å². The molecule has 0 saturated heterocycles. The average molecular weight is 300 g/mol. The fraction of sp³-hybridized carbons (Fsp3) is 0.286. The van der Waals surface area contributed by atoms with E-state index >= 15 is 0 Å². The van der Waals surface area contributed by atoms with E-state index in [1.165, 1.54) is 0 Å². The molecule has 0 aliphatic heterocycles. The molecule has 0 spiro atoms. The maximum Gasteiger partial charge on any atom is 0.146 e. The lowest BCUT2D eigenvalue weighted by molar-refractivity contribution is 0.265. The van der Waals surface area contributed by atoms with Crippen molar-refractivity contribution in [1.82, 2.24) is 0 Å². The molecule has 0 fully saturated rings. The van der Waals surface area contributed by atoms with Crippen molar-refractivity contribution in [2.45, 2.75) is 26.0 Å². The van der Waals surface area contributed by atoms with Crippen molar-refractivity contribution in [3.8, 4) is 5.75 Å². The molecular weight excluding hydrogens is 285 g/mol. The van der Waals surface area contributed by atoms with E-state index < -0.39 is 0 Å². The van der Waals surface area contributed by atoms with Gasteiger partial charge in [-0.2, -0.15) is 0 Å². The van der Waals surface area contributed by atoms with Crippen LogP contribution in [0.15, 0.2) is 34.7 Å². The van der Waals surface area contributed by atoms with Crippen LogP contribution in [0.2, 0.25) is 10.0 Å². The van der Waals surface area contributed by atoms with Crippen LogP contribution in [0.25, 0.3) is 0 Å². The fourth-order valence-electron chi connectivity index (χ4n) is 1.65. The molecule has 0 aliphatic carbocycles. The molecule has 0 radical (unpaired) electrons. The van der Waals surface area contributed by atoms with Gasteiger partial charge in [-0.25, -0.2) is 0 Å². The molecule has 102 valence electrons. The van der Waals surface area contributed by atoms with Crippen molar-refractivity contribution in [2.75, 3.05) is 0 Å². The molecule has 1 aromatic heterocycles. The average Bonchev–Trinajstić information content (AvgIpc) is 2.77. The predicted octanol–water partition coefficient (Wildman–Crippen LogP) is 4.06. The van der Waals surface area contributed by atoms with Gasteiger partial charge in [0.1, 0.15) is 23.9 Å². The lowest BCUT2D eigenvalue weighted by Gasteiger charge is -2.05. The van der Waals surface area contributed by atoms with Gasteiger partial charge in [0, 0.05) is 18.5 Å². The van der Waals surface area contributed by atoms with Gasteiger partial charge in [0.2, 0.25) is 0 Å². The van der Waals surface area contributed by atoms with Gasteiger partial charge >= 0.3 is 0 Å². The van der Waals surface area contributed by atoms with Crippen molar-refractivity contribution >= 4 is 23.2 Å². The Kier molecular flexibility index (Phi) is 4.75. The van der Waals surface area contributed by atoms with Crippen molar-refractivity contribution in [3.63, 3.8) is 0 Å². The summed E-state index contributed by atoms with van der Waals surface area (Å²) in [5, 5.41) is 0.975. The number of rotatable bonds is 5. The second-order valence-corrected chi connectivity index (χ2v) is 5.23. The Morgan fingerprint density at radius 1 is 1.16 bits per heavy atom.